The van der Waals surface area contributed by atoms with E-state index in [1.807, 2.05) is 0 Å². The minimum absolute atomic E-state index is 0.0241. The molecule has 0 fully saturated rings. The molecule has 0 saturated heterocycles. The van der Waals surface area contributed by atoms with E-state index in [-0.39, 0.29) is 36.5 Å². The second-order valence-corrected chi connectivity index (χ2v) is 6.24. The van der Waals surface area contributed by atoms with Crippen molar-refractivity contribution in [2.75, 3.05) is 31.3 Å². The van der Waals surface area contributed by atoms with Gasteiger partial charge in [0.15, 0.2) is 0 Å². The van der Waals surface area contributed by atoms with Crippen LogP contribution in [-0.2, 0) is 14.8 Å². The Hall–Kier alpha value is -0.330. The molecule has 0 aliphatic carbocycles. The van der Waals surface area contributed by atoms with Gasteiger partial charge in [-0.25, -0.2) is 8.42 Å². The van der Waals surface area contributed by atoms with Crippen LogP contribution in [0.3, 0.4) is 0 Å². The number of rotatable bonds is 8. The fourth-order valence-electron chi connectivity index (χ4n) is 1.33. The van der Waals surface area contributed by atoms with Crippen LogP contribution in [0.1, 0.15) is 20.8 Å². The molecule has 0 rings (SSSR count). The van der Waals surface area contributed by atoms with E-state index in [1.165, 1.54) is 4.31 Å². The lowest BCUT2D eigenvalue weighted by Gasteiger charge is -2.21. The molecule has 0 aromatic carbocycles. The average molecular weight is 285 g/mol. The molecule has 102 valence electrons. The van der Waals surface area contributed by atoms with Crippen molar-refractivity contribution >= 4 is 27.5 Å². The van der Waals surface area contributed by atoms with Crippen molar-refractivity contribution in [2.24, 2.45) is 5.92 Å². The minimum Gasteiger partial charge on any atom is -0.355 e. The molecule has 1 atom stereocenters. The number of halogens is 1. The third kappa shape index (κ3) is 6.24. The van der Waals surface area contributed by atoms with Crippen LogP contribution in [0, 0.1) is 5.92 Å². The van der Waals surface area contributed by atoms with Gasteiger partial charge in [0.25, 0.3) is 0 Å². The molecule has 7 heteroatoms. The van der Waals surface area contributed by atoms with E-state index in [1.54, 1.807) is 20.8 Å². The number of nitrogens with one attached hydrogen (secondary N) is 1. The predicted molar refractivity (Wildman–Crippen MR) is 69.6 cm³/mol. The van der Waals surface area contributed by atoms with Gasteiger partial charge in [-0.1, -0.05) is 13.8 Å². The third-order valence-electron chi connectivity index (χ3n) is 2.20. The summed E-state index contributed by atoms with van der Waals surface area (Å²) in [5.41, 5.74) is 0. The summed E-state index contributed by atoms with van der Waals surface area (Å²) >= 11 is 5.60. The highest BCUT2D eigenvalue weighted by atomic mass is 35.5. The van der Waals surface area contributed by atoms with Crippen molar-refractivity contribution < 1.29 is 13.2 Å². The molecule has 17 heavy (non-hydrogen) atoms. The van der Waals surface area contributed by atoms with Crippen LogP contribution in [0.5, 0.6) is 0 Å². The summed E-state index contributed by atoms with van der Waals surface area (Å²) in [6.45, 7) is 5.93. The van der Waals surface area contributed by atoms with Gasteiger partial charge in [0.2, 0.25) is 15.9 Å². The van der Waals surface area contributed by atoms with Crippen LogP contribution in [0.25, 0.3) is 0 Å². The summed E-state index contributed by atoms with van der Waals surface area (Å²) in [6.07, 6.45) is 0. The molecule has 0 heterocycles. The van der Waals surface area contributed by atoms with E-state index in [0.717, 1.165) is 0 Å². The van der Waals surface area contributed by atoms with E-state index in [9.17, 15) is 13.2 Å². The number of sulfonamides is 1. The van der Waals surface area contributed by atoms with E-state index in [4.69, 9.17) is 11.6 Å². The smallest absolute Gasteiger partial charge is 0.235 e. The molecule has 1 amide bonds. The number of carbonyl (C=O) groups excluding carboxylic acids is 1. The normalized spacial score (nSPS) is 13.7. The second kappa shape index (κ2) is 7.89. The topological polar surface area (TPSA) is 66.5 Å². The Balaban J connectivity index is 4.58. The number of hydrogen-bond acceptors (Lipinski definition) is 3. The first-order chi connectivity index (χ1) is 7.87. The maximum atomic E-state index is 12.0. The van der Waals surface area contributed by atoms with Gasteiger partial charge < -0.3 is 5.32 Å². The molecule has 0 aliphatic heterocycles. The lowest BCUT2D eigenvalue weighted by molar-refractivity contribution is -0.121. The summed E-state index contributed by atoms with van der Waals surface area (Å²) < 4.78 is 25.1. The van der Waals surface area contributed by atoms with E-state index in [2.05, 4.69) is 5.32 Å². The van der Waals surface area contributed by atoms with Crippen LogP contribution in [-0.4, -0.2) is 49.9 Å². The molecule has 0 aromatic rings. The van der Waals surface area contributed by atoms with Gasteiger partial charge in [0, 0.05) is 19.0 Å². The summed E-state index contributed by atoms with van der Waals surface area (Å²) in [7, 11) is -3.41. The Labute approximate surface area is 109 Å². The SMILES string of the molecule is CCNC(=O)CN(CC)S(=O)(=O)CC(C)CCl. The van der Waals surface area contributed by atoms with E-state index < -0.39 is 10.0 Å². The number of hydrogen-bond donors (Lipinski definition) is 1. The van der Waals surface area contributed by atoms with Crippen LogP contribution in [0.15, 0.2) is 0 Å². The molecule has 5 nitrogen and oxygen atoms in total. The van der Waals surface area contributed by atoms with Crippen molar-refractivity contribution in [3.8, 4) is 0 Å². The zero-order valence-corrected chi connectivity index (χ0v) is 12.1. The highest BCUT2D eigenvalue weighted by molar-refractivity contribution is 7.89. The largest absolute Gasteiger partial charge is 0.355 e. The van der Waals surface area contributed by atoms with Crippen LogP contribution in [0.2, 0.25) is 0 Å². The summed E-state index contributed by atoms with van der Waals surface area (Å²) in [6, 6.07) is 0. The molecule has 0 bridgehead atoms. The second-order valence-electron chi connectivity index (χ2n) is 3.92. The van der Waals surface area contributed by atoms with Crippen molar-refractivity contribution in [1.29, 1.82) is 0 Å². The average Bonchev–Trinajstić information content (AvgIpc) is 2.25. The Morgan fingerprint density at radius 2 is 2.00 bits per heavy atom. The molecular formula is C10H21ClN2O3S. The number of amides is 1. The van der Waals surface area contributed by atoms with Crippen LogP contribution >= 0.6 is 11.6 Å². The molecule has 0 spiro atoms. The highest BCUT2D eigenvalue weighted by Crippen LogP contribution is 2.08. The summed E-state index contributed by atoms with van der Waals surface area (Å²) in [5.74, 6) is -0.136. The van der Waals surface area contributed by atoms with Crippen molar-refractivity contribution in [3.63, 3.8) is 0 Å². The van der Waals surface area contributed by atoms with Crippen molar-refractivity contribution in [3.05, 3.63) is 0 Å². The Morgan fingerprint density at radius 1 is 1.41 bits per heavy atom. The lowest BCUT2D eigenvalue weighted by atomic mass is 10.3. The molecule has 0 saturated carbocycles. The molecule has 1 N–H and O–H groups in total. The third-order valence-corrected chi connectivity index (χ3v) is 4.89. The van der Waals surface area contributed by atoms with Gasteiger partial charge in [-0.3, -0.25) is 4.79 Å². The lowest BCUT2D eigenvalue weighted by Crippen LogP contribution is -2.42. The number of likely N-dealkylation sites (N-methyl/N-ethyl adjacent to an activating group) is 2. The quantitative estimate of drug-likeness (QED) is 0.666. The fraction of sp³-hybridized carbons (Fsp3) is 0.900. The zero-order valence-electron chi connectivity index (χ0n) is 10.6. The molecule has 0 radical (unpaired) electrons. The highest BCUT2D eigenvalue weighted by Gasteiger charge is 2.24. The summed E-state index contributed by atoms with van der Waals surface area (Å²) in [5, 5.41) is 2.58. The van der Waals surface area contributed by atoms with Crippen LogP contribution in [0.4, 0.5) is 0 Å². The first-order valence-corrected chi connectivity index (χ1v) is 7.82. The Bertz CT molecular complexity index is 332. The number of alkyl halides is 1. The van der Waals surface area contributed by atoms with Gasteiger partial charge >= 0.3 is 0 Å². The fourth-order valence-corrected chi connectivity index (χ4v) is 3.32. The first-order valence-electron chi connectivity index (χ1n) is 5.67. The predicted octanol–water partition coefficient (Wildman–Crippen LogP) is 0.649. The monoisotopic (exact) mass is 284 g/mol. The number of nitrogens with zero attached hydrogens (tertiary/aromatic N) is 1. The van der Waals surface area contributed by atoms with Crippen LogP contribution < -0.4 is 5.32 Å². The van der Waals surface area contributed by atoms with E-state index >= 15 is 0 Å². The van der Waals surface area contributed by atoms with Gasteiger partial charge in [-0.15, -0.1) is 11.6 Å². The Morgan fingerprint density at radius 3 is 2.41 bits per heavy atom. The van der Waals surface area contributed by atoms with Crippen molar-refractivity contribution in [1.82, 2.24) is 9.62 Å². The van der Waals surface area contributed by atoms with E-state index in [0.29, 0.717) is 6.54 Å². The number of carbonyl (C=O) groups is 1. The summed E-state index contributed by atoms with van der Waals surface area (Å²) in [4.78, 5) is 11.4. The van der Waals surface area contributed by atoms with Gasteiger partial charge in [0.1, 0.15) is 0 Å². The van der Waals surface area contributed by atoms with Gasteiger partial charge in [-0.2, -0.15) is 4.31 Å². The van der Waals surface area contributed by atoms with Gasteiger partial charge in [-0.05, 0) is 12.8 Å². The van der Waals surface area contributed by atoms with Gasteiger partial charge in [0.05, 0.1) is 12.3 Å². The molecule has 1 unspecified atom stereocenters. The molecule has 0 aromatic heterocycles. The first kappa shape index (κ1) is 16.7. The molecular weight excluding hydrogens is 264 g/mol. The minimum atomic E-state index is -3.41. The Kier molecular flexibility index (Phi) is 7.74. The maximum Gasteiger partial charge on any atom is 0.235 e. The molecule has 0 aliphatic rings. The van der Waals surface area contributed by atoms with Crippen molar-refractivity contribution in [2.45, 2.75) is 20.8 Å². The zero-order chi connectivity index (χ0) is 13.5. The maximum absolute atomic E-state index is 12.0. The standard InChI is InChI=1S/C10H21ClN2O3S/c1-4-12-10(14)7-13(5-2)17(15,16)8-9(3)6-11/h9H,4-8H2,1-3H3,(H,12,14).